The molecule has 7 heteroatoms. The molecule has 0 unspecified atom stereocenters. The normalized spacial score (nSPS) is 12.8. The third-order valence-electron chi connectivity index (χ3n) is 3.73. The third-order valence-corrected chi connectivity index (χ3v) is 3.73. The first kappa shape index (κ1) is 17.5. The van der Waals surface area contributed by atoms with Crippen molar-refractivity contribution in [1.82, 2.24) is 10.9 Å². The highest BCUT2D eigenvalue weighted by atomic mass is 16.5. The Labute approximate surface area is 151 Å². The standard InChI is InChI=1S/C19H20N4O3/c1-3-26-19(24)23-22-18-12-17(13-8-10-14(25-2)11-9-13)20-15-6-4-5-7-16(15)21-18/h4-11H,3,12H2,1-2H3,(H,21,22)(H,23,24). The minimum Gasteiger partial charge on any atom is -0.497 e. The average Bonchev–Trinajstić information content (AvgIpc) is 2.86. The Morgan fingerprint density at radius 3 is 2.42 bits per heavy atom. The van der Waals surface area contributed by atoms with Crippen molar-refractivity contribution in [2.24, 2.45) is 9.98 Å². The minimum atomic E-state index is -0.560. The molecule has 0 radical (unpaired) electrons. The number of aliphatic imine (C=N–C) groups is 2. The lowest BCUT2D eigenvalue weighted by atomic mass is 10.1. The number of fused-ring (bicyclic) bond motifs is 1. The summed E-state index contributed by atoms with van der Waals surface area (Å²) in [5.41, 5.74) is 8.59. The van der Waals surface area contributed by atoms with E-state index in [-0.39, 0.29) is 0 Å². The Morgan fingerprint density at radius 2 is 1.77 bits per heavy atom. The number of hydrogen-bond acceptors (Lipinski definition) is 6. The fourth-order valence-corrected chi connectivity index (χ4v) is 2.49. The molecule has 26 heavy (non-hydrogen) atoms. The maximum atomic E-state index is 11.5. The largest absolute Gasteiger partial charge is 0.497 e. The van der Waals surface area contributed by atoms with Crippen LogP contribution in [0.4, 0.5) is 16.2 Å². The van der Waals surface area contributed by atoms with Crippen molar-refractivity contribution in [3.8, 4) is 5.75 Å². The second-order valence-electron chi connectivity index (χ2n) is 5.48. The van der Waals surface area contributed by atoms with Gasteiger partial charge in [0.1, 0.15) is 11.6 Å². The van der Waals surface area contributed by atoms with Gasteiger partial charge in [0, 0.05) is 0 Å². The van der Waals surface area contributed by atoms with Gasteiger partial charge in [0.05, 0.1) is 37.2 Å². The summed E-state index contributed by atoms with van der Waals surface area (Å²) < 4.78 is 10.1. The van der Waals surface area contributed by atoms with Gasteiger partial charge < -0.3 is 9.47 Å². The summed E-state index contributed by atoms with van der Waals surface area (Å²) >= 11 is 0. The summed E-state index contributed by atoms with van der Waals surface area (Å²) in [7, 11) is 1.63. The fraction of sp³-hybridized carbons (Fsp3) is 0.211. The lowest BCUT2D eigenvalue weighted by Gasteiger charge is -2.11. The molecule has 1 amide bonds. The van der Waals surface area contributed by atoms with Crippen molar-refractivity contribution < 1.29 is 14.3 Å². The molecule has 134 valence electrons. The number of ether oxygens (including phenoxy) is 2. The third kappa shape index (κ3) is 4.18. The molecule has 0 saturated heterocycles. The van der Waals surface area contributed by atoms with Crippen molar-refractivity contribution in [1.29, 1.82) is 0 Å². The lowest BCUT2D eigenvalue weighted by Crippen LogP contribution is -2.42. The number of hydrazine groups is 1. The molecule has 1 aliphatic heterocycles. The van der Waals surface area contributed by atoms with E-state index in [1.807, 2.05) is 48.5 Å². The van der Waals surface area contributed by atoms with Crippen LogP contribution in [0.1, 0.15) is 18.9 Å². The highest BCUT2D eigenvalue weighted by molar-refractivity contribution is 6.14. The number of methoxy groups -OCH3 is 1. The molecule has 2 aromatic carbocycles. The van der Waals surface area contributed by atoms with Gasteiger partial charge in [-0.3, -0.25) is 10.4 Å². The molecule has 1 aliphatic rings. The van der Waals surface area contributed by atoms with Gasteiger partial charge in [0.15, 0.2) is 0 Å². The first-order valence-corrected chi connectivity index (χ1v) is 8.27. The minimum absolute atomic E-state index is 0.293. The Kier molecular flexibility index (Phi) is 5.48. The van der Waals surface area contributed by atoms with Gasteiger partial charge in [-0.25, -0.2) is 15.2 Å². The quantitative estimate of drug-likeness (QED) is 0.828. The van der Waals surface area contributed by atoms with Gasteiger partial charge in [-0.1, -0.05) is 12.1 Å². The monoisotopic (exact) mass is 352 g/mol. The van der Waals surface area contributed by atoms with Crippen molar-refractivity contribution in [2.75, 3.05) is 13.7 Å². The summed E-state index contributed by atoms with van der Waals surface area (Å²) in [6.07, 6.45) is -0.136. The van der Waals surface area contributed by atoms with Crippen LogP contribution in [0.3, 0.4) is 0 Å². The first-order valence-electron chi connectivity index (χ1n) is 8.27. The summed E-state index contributed by atoms with van der Waals surface area (Å²) in [4.78, 5) is 20.9. The number of carbonyl (C=O) groups excluding carboxylic acids is 1. The molecule has 0 aromatic heterocycles. The number of amides is 1. The molecule has 0 fully saturated rings. The van der Waals surface area contributed by atoms with Crippen LogP contribution in [-0.4, -0.2) is 31.4 Å². The number of nitrogens with zero attached hydrogens (tertiary/aromatic N) is 2. The molecule has 2 aromatic rings. The molecule has 1 heterocycles. The molecule has 0 atom stereocenters. The van der Waals surface area contributed by atoms with Crippen LogP contribution in [0.25, 0.3) is 0 Å². The van der Waals surface area contributed by atoms with Crippen molar-refractivity contribution in [3.63, 3.8) is 0 Å². The van der Waals surface area contributed by atoms with Gasteiger partial charge in [0.2, 0.25) is 0 Å². The number of rotatable bonds is 3. The molecule has 2 N–H and O–H groups in total. The molecule has 7 nitrogen and oxygen atoms in total. The van der Waals surface area contributed by atoms with E-state index in [0.717, 1.165) is 28.4 Å². The zero-order valence-electron chi connectivity index (χ0n) is 14.7. The predicted molar refractivity (Wildman–Crippen MR) is 101 cm³/mol. The van der Waals surface area contributed by atoms with Crippen LogP contribution in [0.15, 0.2) is 58.5 Å². The zero-order chi connectivity index (χ0) is 18.4. The maximum absolute atomic E-state index is 11.5. The van der Waals surface area contributed by atoms with E-state index in [9.17, 15) is 4.79 Å². The van der Waals surface area contributed by atoms with E-state index >= 15 is 0 Å². The Balaban J connectivity index is 1.89. The summed E-state index contributed by atoms with van der Waals surface area (Å²) in [5.74, 6) is 1.34. The van der Waals surface area contributed by atoms with Crippen molar-refractivity contribution in [3.05, 3.63) is 54.1 Å². The van der Waals surface area contributed by atoms with Crippen LogP contribution in [0.2, 0.25) is 0 Å². The van der Waals surface area contributed by atoms with Crippen LogP contribution in [0.5, 0.6) is 5.75 Å². The average molecular weight is 352 g/mol. The van der Waals surface area contributed by atoms with Gasteiger partial charge >= 0.3 is 6.09 Å². The highest BCUT2D eigenvalue weighted by Gasteiger charge is 2.15. The Bertz CT molecular complexity index is 844. The van der Waals surface area contributed by atoms with E-state index in [1.165, 1.54) is 0 Å². The molecule has 0 saturated carbocycles. The lowest BCUT2D eigenvalue weighted by molar-refractivity contribution is 0.150. The summed E-state index contributed by atoms with van der Waals surface area (Å²) in [6.45, 7) is 2.04. The number of carbonyl (C=O) groups is 1. The first-order chi connectivity index (χ1) is 12.7. The second kappa shape index (κ2) is 8.15. The van der Waals surface area contributed by atoms with E-state index in [2.05, 4.69) is 15.8 Å². The van der Waals surface area contributed by atoms with Crippen LogP contribution >= 0.6 is 0 Å². The number of hydrogen-bond donors (Lipinski definition) is 2. The van der Waals surface area contributed by atoms with Gasteiger partial charge in [-0.15, -0.1) is 0 Å². The predicted octanol–water partition coefficient (Wildman–Crippen LogP) is 3.50. The molecule has 3 rings (SSSR count). The van der Waals surface area contributed by atoms with Crippen molar-refractivity contribution >= 4 is 29.0 Å². The smallest absolute Gasteiger partial charge is 0.425 e. The van der Waals surface area contributed by atoms with E-state index in [4.69, 9.17) is 14.5 Å². The molecular formula is C19H20N4O3. The van der Waals surface area contributed by atoms with Crippen molar-refractivity contribution in [2.45, 2.75) is 13.3 Å². The molecular weight excluding hydrogens is 332 g/mol. The number of benzene rings is 2. The molecule has 0 aliphatic carbocycles. The van der Waals surface area contributed by atoms with E-state index < -0.39 is 6.09 Å². The van der Waals surface area contributed by atoms with E-state index in [0.29, 0.717) is 18.9 Å². The fourth-order valence-electron chi connectivity index (χ4n) is 2.49. The number of nitrogens with one attached hydrogen (secondary N) is 2. The van der Waals surface area contributed by atoms with Crippen LogP contribution in [0, 0.1) is 0 Å². The zero-order valence-corrected chi connectivity index (χ0v) is 14.7. The molecule has 0 bridgehead atoms. The number of amidine groups is 1. The second-order valence-corrected chi connectivity index (χ2v) is 5.48. The van der Waals surface area contributed by atoms with Gasteiger partial charge in [0.25, 0.3) is 0 Å². The summed E-state index contributed by atoms with van der Waals surface area (Å²) in [5, 5.41) is 0. The topological polar surface area (TPSA) is 84.3 Å². The van der Waals surface area contributed by atoms with Crippen LogP contribution < -0.4 is 15.6 Å². The van der Waals surface area contributed by atoms with Gasteiger partial charge in [-0.05, 0) is 48.9 Å². The van der Waals surface area contributed by atoms with Gasteiger partial charge in [-0.2, -0.15) is 0 Å². The Morgan fingerprint density at radius 1 is 1.08 bits per heavy atom. The van der Waals surface area contributed by atoms with E-state index in [1.54, 1.807) is 14.0 Å². The maximum Gasteiger partial charge on any atom is 0.425 e. The molecule has 0 spiro atoms. The summed E-state index contributed by atoms with van der Waals surface area (Å²) in [6, 6.07) is 15.3. The van der Waals surface area contributed by atoms with Crippen LogP contribution in [-0.2, 0) is 4.74 Å². The highest BCUT2D eigenvalue weighted by Crippen LogP contribution is 2.31. The SMILES string of the molecule is CCOC(=O)NNC1=Nc2ccccc2N=C(c2ccc(OC)cc2)C1. The number of para-hydroxylation sites is 2. The Hall–Kier alpha value is -3.35.